The molecule has 0 saturated carbocycles. The molecule has 2 heterocycles. The van der Waals surface area contributed by atoms with E-state index in [9.17, 15) is 4.79 Å². The Morgan fingerprint density at radius 3 is 2.95 bits per heavy atom. The number of carbonyl (C=O) groups is 1. The summed E-state index contributed by atoms with van der Waals surface area (Å²) in [5.74, 6) is -0.311. The number of nitrogens with zero attached hydrogens (tertiary/aromatic N) is 3. The molecule has 1 amide bonds. The average Bonchev–Trinajstić information content (AvgIpc) is 2.47. The van der Waals surface area contributed by atoms with Crippen LogP contribution in [0.4, 0.5) is 11.5 Å². The van der Waals surface area contributed by atoms with E-state index in [1.807, 2.05) is 24.3 Å². The Morgan fingerprint density at radius 2 is 2.19 bits per heavy atom. The van der Waals surface area contributed by atoms with Crippen molar-refractivity contribution in [2.75, 3.05) is 5.32 Å². The van der Waals surface area contributed by atoms with Crippen molar-refractivity contribution in [1.29, 1.82) is 0 Å². The van der Waals surface area contributed by atoms with Gasteiger partial charge in [0, 0.05) is 22.4 Å². The van der Waals surface area contributed by atoms with E-state index in [1.165, 1.54) is 12.4 Å². The Labute approximate surface area is 128 Å². The third kappa shape index (κ3) is 2.82. The van der Waals surface area contributed by atoms with Gasteiger partial charge in [0.15, 0.2) is 0 Å². The molecule has 0 fully saturated rings. The van der Waals surface area contributed by atoms with Crippen molar-refractivity contribution in [2.24, 2.45) is 5.73 Å². The molecule has 0 aliphatic rings. The molecule has 0 unspecified atom stereocenters. The maximum Gasteiger partial charge on any atom is 0.286 e. The van der Waals surface area contributed by atoms with E-state index in [0.717, 1.165) is 10.2 Å². The number of pyridine rings is 1. The quantitative estimate of drug-likeness (QED) is 0.762. The summed E-state index contributed by atoms with van der Waals surface area (Å²) in [4.78, 5) is 23.5. The van der Waals surface area contributed by atoms with Gasteiger partial charge >= 0.3 is 0 Å². The van der Waals surface area contributed by atoms with E-state index in [2.05, 4.69) is 42.3 Å². The first-order valence-corrected chi connectivity index (χ1v) is 6.78. The van der Waals surface area contributed by atoms with Crippen LogP contribution in [-0.4, -0.2) is 20.9 Å². The highest BCUT2D eigenvalue weighted by Crippen LogP contribution is 2.24. The molecule has 7 heteroatoms. The number of halogens is 1. The van der Waals surface area contributed by atoms with Crippen LogP contribution in [0.1, 0.15) is 10.6 Å². The second kappa shape index (κ2) is 5.45. The van der Waals surface area contributed by atoms with Gasteiger partial charge in [0.25, 0.3) is 5.91 Å². The van der Waals surface area contributed by atoms with Crippen LogP contribution in [0.15, 0.2) is 41.1 Å². The molecule has 0 aliphatic heterocycles. The SMILES string of the molecule is NC(=O)c1nc(Nc2cccc(Br)c2)c2[c]cncc2n1. The van der Waals surface area contributed by atoms with Gasteiger partial charge in [0.05, 0.1) is 17.1 Å². The summed E-state index contributed by atoms with van der Waals surface area (Å²) >= 11 is 3.40. The molecule has 1 radical (unpaired) electrons. The van der Waals surface area contributed by atoms with Crippen LogP contribution in [0.25, 0.3) is 10.9 Å². The minimum atomic E-state index is -0.696. The van der Waals surface area contributed by atoms with E-state index < -0.39 is 5.91 Å². The highest BCUT2D eigenvalue weighted by molar-refractivity contribution is 9.10. The molecular weight excluding hydrogens is 334 g/mol. The largest absolute Gasteiger partial charge is 0.363 e. The summed E-state index contributed by atoms with van der Waals surface area (Å²) in [7, 11) is 0. The molecule has 3 rings (SSSR count). The van der Waals surface area contributed by atoms with Crippen molar-refractivity contribution in [2.45, 2.75) is 0 Å². The molecule has 3 aromatic rings. The predicted molar refractivity (Wildman–Crippen MR) is 82.1 cm³/mol. The second-order valence-corrected chi connectivity index (χ2v) is 5.12. The van der Waals surface area contributed by atoms with Gasteiger partial charge in [0.2, 0.25) is 5.82 Å². The van der Waals surface area contributed by atoms with Crippen LogP contribution < -0.4 is 11.1 Å². The van der Waals surface area contributed by atoms with Crippen molar-refractivity contribution in [3.05, 3.63) is 53.0 Å². The Morgan fingerprint density at radius 1 is 1.33 bits per heavy atom. The number of anilines is 2. The number of primary amides is 1. The maximum absolute atomic E-state index is 11.3. The normalized spacial score (nSPS) is 10.5. The number of amides is 1. The number of hydrogen-bond acceptors (Lipinski definition) is 5. The number of carbonyl (C=O) groups excluding carboxylic acids is 1. The molecule has 103 valence electrons. The Kier molecular flexibility index (Phi) is 3.49. The van der Waals surface area contributed by atoms with Gasteiger partial charge in [-0.15, -0.1) is 0 Å². The fraction of sp³-hybridized carbons (Fsp3) is 0. The molecule has 0 aliphatic carbocycles. The number of rotatable bonds is 3. The zero-order valence-corrected chi connectivity index (χ0v) is 12.3. The molecule has 21 heavy (non-hydrogen) atoms. The van der Waals surface area contributed by atoms with Crippen molar-refractivity contribution < 1.29 is 4.79 Å². The molecule has 6 nitrogen and oxygen atoms in total. The zero-order valence-electron chi connectivity index (χ0n) is 10.7. The van der Waals surface area contributed by atoms with Crippen molar-refractivity contribution in [1.82, 2.24) is 15.0 Å². The molecule has 0 bridgehead atoms. The summed E-state index contributed by atoms with van der Waals surface area (Å²) in [5.41, 5.74) is 6.57. The summed E-state index contributed by atoms with van der Waals surface area (Å²) in [6, 6.07) is 10.5. The van der Waals surface area contributed by atoms with Gasteiger partial charge in [-0.3, -0.25) is 9.78 Å². The van der Waals surface area contributed by atoms with Gasteiger partial charge in [-0.2, -0.15) is 0 Å². The number of nitrogens with one attached hydrogen (secondary N) is 1. The molecule has 1 aromatic carbocycles. The average molecular weight is 343 g/mol. The monoisotopic (exact) mass is 342 g/mol. The van der Waals surface area contributed by atoms with Crippen molar-refractivity contribution >= 4 is 44.2 Å². The minimum Gasteiger partial charge on any atom is -0.363 e. The standard InChI is InChI=1S/C14H9BrN5O/c15-8-2-1-3-9(6-8)18-13-10-4-5-17-7-11(10)19-14(20-13)12(16)21/h1-3,5-7H,(H2,16,21)(H,18,19,20). The first kappa shape index (κ1) is 13.4. The Bertz CT molecular complexity index is 836. The Hall–Kier alpha value is -2.54. The van der Waals surface area contributed by atoms with E-state index in [-0.39, 0.29) is 5.82 Å². The number of hydrogen-bond donors (Lipinski definition) is 2. The Balaban J connectivity index is 2.13. The van der Waals surface area contributed by atoms with Crippen molar-refractivity contribution in [3.63, 3.8) is 0 Å². The topological polar surface area (TPSA) is 93.8 Å². The van der Waals surface area contributed by atoms with Gasteiger partial charge in [-0.1, -0.05) is 22.0 Å². The lowest BCUT2D eigenvalue weighted by molar-refractivity contribution is 0.0991. The summed E-state index contributed by atoms with van der Waals surface area (Å²) in [6.07, 6.45) is 3.05. The third-order valence-electron chi connectivity index (χ3n) is 2.72. The van der Waals surface area contributed by atoms with Crippen LogP contribution in [0.2, 0.25) is 0 Å². The summed E-state index contributed by atoms with van der Waals surface area (Å²) in [6.45, 7) is 0. The molecule has 2 aromatic heterocycles. The van der Waals surface area contributed by atoms with E-state index in [1.54, 1.807) is 0 Å². The van der Waals surface area contributed by atoms with Crippen LogP contribution in [0.3, 0.4) is 0 Å². The lowest BCUT2D eigenvalue weighted by Crippen LogP contribution is -2.16. The van der Waals surface area contributed by atoms with Crippen LogP contribution in [0, 0.1) is 6.07 Å². The van der Waals surface area contributed by atoms with Gasteiger partial charge < -0.3 is 11.1 Å². The highest BCUT2D eigenvalue weighted by atomic mass is 79.9. The van der Waals surface area contributed by atoms with Gasteiger partial charge in [-0.25, -0.2) is 9.97 Å². The predicted octanol–water partition coefficient (Wildman–Crippen LogP) is 2.43. The second-order valence-electron chi connectivity index (χ2n) is 4.21. The van der Waals surface area contributed by atoms with E-state index >= 15 is 0 Å². The first-order chi connectivity index (χ1) is 10.1. The lowest BCUT2D eigenvalue weighted by Gasteiger charge is -2.09. The fourth-order valence-corrected chi connectivity index (χ4v) is 2.23. The van der Waals surface area contributed by atoms with Crippen molar-refractivity contribution in [3.8, 4) is 0 Å². The number of fused-ring (bicyclic) bond motifs is 1. The van der Waals surface area contributed by atoms with E-state index in [0.29, 0.717) is 16.7 Å². The maximum atomic E-state index is 11.3. The number of nitrogens with two attached hydrogens (primary N) is 1. The van der Waals surface area contributed by atoms with Crippen LogP contribution in [0.5, 0.6) is 0 Å². The highest BCUT2D eigenvalue weighted by Gasteiger charge is 2.12. The minimum absolute atomic E-state index is 0.0682. The smallest absolute Gasteiger partial charge is 0.286 e. The molecule has 0 spiro atoms. The van der Waals surface area contributed by atoms with E-state index in [4.69, 9.17) is 5.73 Å². The number of aromatic nitrogens is 3. The first-order valence-electron chi connectivity index (χ1n) is 5.99. The lowest BCUT2D eigenvalue weighted by atomic mass is 10.2. The van der Waals surface area contributed by atoms with Gasteiger partial charge in [0.1, 0.15) is 5.82 Å². The number of benzene rings is 1. The fourth-order valence-electron chi connectivity index (χ4n) is 1.83. The third-order valence-corrected chi connectivity index (χ3v) is 3.22. The molecular formula is C14H9BrN5O. The van der Waals surface area contributed by atoms with Gasteiger partial charge in [-0.05, 0) is 18.2 Å². The summed E-state index contributed by atoms with van der Waals surface area (Å²) < 4.78 is 0.923. The summed E-state index contributed by atoms with van der Waals surface area (Å²) in [5, 5.41) is 3.77. The molecule has 0 saturated heterocycles. The molecule has 3 N–H and O–H groups in total. The zero-order chi connectivity index (χ0) is 14.8. The van der Waals surface area contributed by atoms with Crippen LogP contribution in [-0.2, 0) is 0 Å². The molecule has 0 atom stereocenters. The van der Waals surface area contributed by atoms with Crippen LogP contribution >= 0.6 is 15.9 Å².